The van der Waals surface area contributed by atoms with Gasteiger partial charge in [0, 0.05) is 7.05 Å². The zero-order valence-electron chi connectivity index (χ0n) is 6.23. The van der Waals surface area contributed by atoms with Gasteiger partial charge < -0.3 is 0 Å². The summed E-state index contributed by atoms with van der Waals surface area (Å²) in [5.41, 5.74) is 0. The van der Waals surface area contributed by atoms with E-state index in [1.54, 1.807) is 6.92 Å². The molecule has 1 aliphatic heterocycles. The van der Waals surface area contributed by atoms with Crippen LogP contribution in [0.3, 0.4) is 0 Å². The van der Waals surface area contributed by atoms with Gasteiger partial charge in [0.15, 0.2) is 0 Å². The Morgan fingerprint density at radius 1 is 1.40 bits per heavy atom. The van der Waals surface area contributed by atoms with Crippen LogP contribution in [0.25, 0.3) is 0 Å². The Balaban J connectivity index is 2.93. The highest BCUT2D eigenvalue weighted by atomic mass is 32.2. The van der Waals surface area contributed by atoms with Gasteiger partial charge in [0.2, 0.25) is 0 Å². The van der Waals surface area contributed by atoms with Gasteiger partial charge in [-0.1, -0.05) is 0 Å². The average molecular weight is 165 g/mol. The molecule has 4 nitrogen and oxygen atoms in total. The Bertz CT molecular complexity index is 223. The first-order valence-electron chi connectivity index (χ1n) is 3.11. The summed E-state index contributed by atoms with van der Waals surface area (Å²) < 4.78 is 27.7. The second kappa shape index (κ2) is 2.18. The van der Waals surface area contributed by atoms with Crippen LogP contribution in [0.2, 0.25) is 0 Å². The topological polar surface area (TPSA) is 46.6 Å². The maximum Gasteiger partial charge on any atom is 0.338 e. The molecular weight excluding hydrogens is 154 g/mol. The standard InChI is InChI=1S/C5H11NO3S/c1-4-5(2)9-10(7,8)6(4)3/h4-5H,1-3H3. The summed E-state index contributed by atoms with van der Waals surface area (Å²) in [4.78, 5) is 0. The lowest BCUT2D eigenvalue weighted by molar-refractivity contribution is 0.229. The highest BCUT2D eigenvalue weighted by molar-refractivity contribution is 7.84. The average Bonchev–Trinajstić information content (AvgIpc) is 1.95. The van der Waals surface area contributed by atoms with E-state index in [2.05, 4.69) is 4.18 Å². The molecule has 0 aromatic rings. The summed E-state index contributed by atoms with van der Waals surface area (Å²) in [6.45, 7) is 3.56. The number of hydrogen-bond acceptors (Lipinski definition) is 3. The molecule has 0 aromatic heterocycles. The van der Waals surface area contributed by atoms with Crippen molar-refractivity contribution in [3.63, 3.8) is 0 Å². The summed E-state index contributed by atoms with van der Waals surface area (Å²) in [6.07, 6.45) is -0.227. The fraction of sp³-hybridized carbons (Fsp3) is 1.00. The molecule has 0 amide bonds. The van der Waals surface area contributed by atoms with E-state index in [-0.39, 0.29) is 12.1 Å². The van der Waals surface area contributed by atoms with Crippen molar-refractivity contribution < 1.29 is 12.6 Å². The van der Waals surface area contributed by atoms with Crippen molar-refractivity contribution in [2.24, 2.45) is 0 Å². The van der Waals surface area contributed by atoms with Crippen molar-refractivity contribution in [2.75, 3.05) is 7.05 Å². The molecule has 1 heterocycles. The molecule has 2 unspecified atom stereocenters. The molecule has 5 heteroatoms. The Morgan fingerprint density at radius 2 is 1.90 bits per heavy atom. The van der Waals surface area contributed by atoms with E-state index in [9.17, 15) is 8.42 Å². The summed E-state index contributed by atoms with van der Waals surface area (Å²) in [5, 5.41) is 0. The van der Waals surface area contributed by atoms with Gasteiger partial charge in [-0.15, -0.1) is 0 Å². The summed E-state index contributed by atoms with van der Waals surface area (Å²) in [7, 11) is -1.87. The highest BCUT2D eigenvalue weighted by Crippen LogP contribution is 2.21. The monoisotopic (exact) mass is 165 g/mol. The summed E-state index contributed by atoms with van der Waals surface area (Å²) >= 11 is 0. The third kappa shape index (κ3) is 1.04. The van der Waals surface area contributed by atoms with Crippen LogP contribution in [0.4, 0.5) is 0 Å². The summed E-state index contributed by atoms with van der Waals surface area (Å²) in [6, 6.07) is -0.0509. The minimum Gasteiger partial charge on any atom is -0.253 e. The SMILES string of the molecule is CC1OS(=O)(=O)N(C)C1C. The van der Waals surface area contributed by atoms with Crippen LogP contribution in [-0.2, 0) is 14.5 Å². The molecule has 0 bridgehead atoms. The maximum atomic E-state index is 10.9. The van der Waals surface area contributed by atoms with Crippen molar-refractivity contribution in [1.82, 2.24) is 4.31 Å². The largest absolute Gasteiger partial charge is 0.338 e. The normalized spacial score (nSPS) is 40.3. The number of rotatable bonds is 0. The van der Waals surface area contributed by atoms with Crippen LogP contribution in [-0.4, -0.2) is 31.9 Å². The minimum absolute atomic E-state index is 0.0509. The molecule has 1 rings (SSSR count). The van der Waals surface area contributed by atoms with Crippen molar-refractivity contribution in [1.29, 1.82) is 0 Å². The fourth-order valence-electron chi connectivity index (χ4n) is 0.839. The summed E-state index contributed by atoms with van der Waals surface area (Å²) in [5.74, 6) is 0. The third-order valence-corrected chi connectivity index (χ3v) is 3.46. The van der Waals surface area contributed by atoms with Gasteiger partial charge in [-0.3, -0.25) is 4.18 Å². The lowest BCUT2D eigenvalue weighted by atomic mass is 10.2. The maximum absolute atomic E-state index is 10.9. The molecular formula is C5H11NO3S. The molecule has 0 N–H and O–H groups in total. The van der Waals surface area contributed by atoms with Crippen molar-refractivity contribution in [2.45, 2.75) is 26.0 Å². The zero-order valence-corrected chi connectivity index (χ0v) is 7.05. The molecule has 0 saturated carbocycles. The van der Waals surface area contributed by atoms with E-state index >= 15 is 0 Å². The van der Waals surface area contributed by atoms with E-state index in [0.29, 0.717) is 0 Å². The highest BCUT2D eigenvalue weighted by Gasteiger charge is 2.38. The molecule has 0 radical (unpaired) electrons. The van der Waals surface area contributed by atoms with Crippen molar-refractivity contribution >= 4 is 10.3 Å². The van der Waals surface area contributed by atoms with Crippen LogP contribution in [0.1, 0.15) is 13.8 Å². The van der Waals surface area contributed by atoms with Gasteiger partial charge in [-0.25, -0.2) is 0 Å². The first kappa shape index (κ1) is 7.97. The molecule has 60 valence electrons. The van der Waals surface area contributed by atoms with E-state index in [1.165, 1.54) is 11.4 Å². The van der Waals surface area contributed by atoms with Gasteiger partial charge >= 0.3 is 10.3 Å². The van der Waals surface area contributed by atoms with Crippen LogP contribution < -0.4 is 0 Å². The van der Waals surface area contributed by atoms with Crippen molar-refractivity contribution in [3.8, 4) is 0 Å². The third-order valence-electron chi connectivity index (χ3n) is 1.88. The second-order valence-electron chi connectivity index (χ2n) is 2.52. The van der Waals surface area contributed by atoms with Gasteiger partial charge in [-0.05, 0) is 13.8 Å². The number of nitrogens with zero attached hydrogens (tertiary/aromatic N) is 1. The van der Waals surface area contributed by atoms with Crippen LogP contribution in [0.5, 0.6) is 0 Å². The van der Waals surface area contributed by atoms with E-state index in [0.717, 1.165) is 0 Å². The first-order valence-corrected chi connectivity index (χ1v) is 4.48. The smallest absolute Gasteiger partial charge is 0.253 e. The lowest BCUT2D eigenvalue weighted by Gasteiger charge is -2.10. The second-order valence-corrected chi connectivity index (χ2v) is 4.14. The Hall–Kier alpha value is -0.130. The molecule has 0 aliphatic carbocycles. The predicted octanol–water partition coefficient (Wildman–Crippen LogP) is -0.0298. The zero-order chi connectivity index (χ0) is 7.94. The molecule has 0 aromatic carbocycles. The molecule has 1 aliphatic rings. The van der Waals surface area contributed by atoms with Gasteiger partial charge in [0.05, 0.1) is 12.1 Å². The fourth-order valence-corrected chi connectivity index (χ4v) is 2.10. The number of hydrogen-bond donors (Lipinski definition) is 0. The molecule has 0 spiro atoms. The van der Waals surface area contributed by atoms with Crippen LogP contribution in [0, 0.1) is 0 Å². The molecule has 1 saturated heterocycles. The minimum atomic E-state index is -3.39. The Labute approximate surface area is 61.0 Å². The van der Waals surface area contributed by atoms with Gasteiger partial charge in [0.25, 0.3) is 0 Å². The van der Waals surface area contributed by atoms with Crippen LogP contribution in [0.15, 0.2) is 0 Å². The van der Waals surface area contributed by atoms with Gasteiger partial charge in [-0.2, -0.15) is 12.7 Å². The van der Waals surface area contributed by atoms with E-state index in [4.69, 9.17) is 0 Å². The first-order chi connectivity index (χ1) is 4.45. The Morgan fingerprint density at radius 3 is 2.00 bits per heavy atom. The van der Waals surface area contributed by atoms with Crippen LogP contribution >= 0.6 is 0 Å². The quantitative estimate of drug-likeness (QED) is 0.506. The van der Waals surface area contributed by atoms with Gasteiger partial charge in [0.1, 0.15) is 0 Å². The van der Waals surface area contributed by atoms with E-state index in [1.807, 2.05) is 6.92 Å². The van der Waals surface area contributed by atoms with Crippen molar-refractivity contribution in [3.05, 3.63) is 0 Å². The predicted molar refractivity (Wildman–Crippen MR) is 36.7 cm³/mol. The molecule has 1 fully saturated rings. The molecule has 2 atom stereocenters. The lowest BCUT2D eigenvalue weighted by Crippen LogP contribution is -2.29. The number of likely N-dealkylation sites (N-methyl/N-ethyl adjacent to an activating group) is 1. The Kier molecular flexibility index (Phi) is 1.74. The molecule has 10 heavy (non-hydrogen) atoms. The van der Waals surface area contributed by atoms with E-state index < -0.39 is 10.3 Å².